The molecular weight excluding hydrogens is 268 g/mol. The SMILES string of the molecule is CCOC1CC(Cc2nc3cc4c(cc3[nH]2)OCCO4)C1. The Hall–Kier alpha value is -1.75. The van der Waals surface area contributed by atoms with Crippen LogP contribution in [0.5, 0.6) is 11.5 Å². The number of nitrogens with one attached hydrogen (secondary N) is 1. The van der Waals surface area contributed by atoms with E-state index in [1.54, 1.807) is 0 Å². The molecule has 2 aliphatic rings. The van der Waals surface area contributed by atoms with E-state index < -0.39 is 0 Å². The predicted octanol–water partition coefficient (Wildman–Crippen LogP) is 2.69. The van der Waals surface area contributed by atoms with Gasteiger partial charge in [0.05, 0.1) is 17.1 Å². The highest BCUT2D eigenvalue weighted by Crippen LogP contribution is 2.35. The van der Waals surface area contributed by atoms with Crippen LogP contribution in [-0.2, 0) is 11.2 Å². The third-order valence-corrected chi connectivity index (χ3v) is 4.27. The molecule has 0 radical (unpaired) electrons. The largest absolute Gasteiger partial charge is 0.486 e. The molecule has 1 fully saturated rings. The van der Waals surface area contributed by atoms with Gasteiger partial charge in [0.25, 0.3) is 0 Å². The first-order valence-corrected chi connectivity index (χ1v) is 7.71. The number of aromatic nitrogens is 2. The first-order valence-electron chi connectivity index (χ1n) is 7.71. The standard InChI is InChI=1S/C16H20N2O3/c1-2-19-11-5-10(6-11)7-16-17-12-8-14-15(9-13(12)18-16)21-4-3-20-14/h8-11H,2-7H2,1H3,(H,17,18). The van der Waals surface area contributed by atoms with Gasteiger partial charge in [-0.25, -0.2) is 4.98 Å². The fourth-order valence-corrected chi connectivity index (χ4v) is 3.18. The number of nitrogens with zero attached hydrogens (tertiary/aromatic N) is 1. The van der Waals surface area contributed by atoms with Crippen LogP contribution < -0.4 is 9.47 Å². The van der Waals surface area contributed by atoms with Crippen LogP contribution in [0.4, 0.5) is 0 Å². The minimum atomic E-state index is 0.457. The molecule has 0 amide bonds. The number of hydrogen-bond acceptors (Lipinski definition) is 4. The Kier molecular flexibility index (Phi) is 3.22. The Balaban J connectivity index is 1.49. The maximum Gasteiger partial charge on any atom is 0.163 e. The lowest BCUT2D eigenvalue weighted by Crippen LogP contribution is -2.32. The summed E-state index contributed by atoms with van der Waals surface area (Å²) < 4.78 is 16.8. The van der Waals surface area contributed by atoms with Crippen molar-refractivity contribution in [2.75, 3.05) is 19.8 Å². The van der Waals surface area contributed by atoms with Crippen molar-refractivity contribution >= 4 is 11.0 Å². The predicted molar refractivity (Wildman–Crippen MR) is 78.9 cm³/mol. The molecule has 112 valence electrons. The Bertz CT molecular complexity index is 603. The van der Waals surface area contributed by atoms with Crippen molar-refractivity contribution in [3.8, 4) is 11.5 Å². The van der Waals surface area contributed by atoms with Crippen LogP contribution in [0.15, 0.2) is 12.1 Å². The molecule has 0 saturated heterocycles. The fourth-order valence-electron chi connectivity index (χ4n) is 3.18. The van der Waals surface area contributed by atoms with E-state index in [0.29, 0.717) is 25.2 Å². The smallest absolute Gasteiger partial charge is 0.163 e. The van der Waals surface area contributed by atoms with Gasteiger partial charge in [0.1, 0.15) is 19.0 Å². The molecule has 5 nitrogen and oxygen atoms in total. The first-order chi connectivity index (χ1) is 10.3. The first kappa shape index (κ1) is 13.0. The lowest BCUT2D eigenvalue weighted by Gasteiger charge is -2.34. The zero-order chi connectivity index (χ0) is 14.2. The molecule has 2 aromatic rings. The Morgan fingerprint density at radius 2 is 2.00 bits per heavy atom. The van der Waals surface area contributed by atoms with E-state index in [-0.39, 0.29) is 0 Å². The van der Waals surface area contributed by atoms with Gasteiger partial charge < -0.3 is 19.2 Å². The average Bonchev–Trinajstić information content (AvgIpc) is 2.83. The van der Waals surface area contributed by atoms with Crippen molar-refractivity contribution in [3.05, 3.63) is 18.0 Å². The van der Waals surface area contributed by atoms with Crippen LogP contribution in [-0.4, -0.2) is 35.9 Å². The van der Waals surface area contributed by atoms with Crippen molar-refractivity contribution in [2.45, 2.75) is 32.3 Å². The summed E-state index contributed by atoms with van der Waals surface area (Å²) in [5, 5.41) is 0. The summed E-state index contributed by atoms with van der Waals surface area (Å²) in [7, 11) is 0. The Morgan fingerprint density at radius 1 is 1.24 bits per heavy atom. The molecular formula is C16H20N2O3. The van der Waals surface area contributed by atoms with Crippen molar-refractivity contribution in [3.63, 3.8) is 0 Å². The normalized spacial score (nSPS) is 24.0. The van der Waals surface area contributed by atoms with Gasteiger partial charge in [-0.2, -0.15) is 0 Å². The monoisotopic (exact) mass is 288 g/mol. The van der Waals surface area contributed by atoms with Gasteiger partial charge in [0.15, 0.2) is 11.5 Å². The molecule has 1 aromatic heterocycles. The van der Waals surface area contributed by atoms with Crippen LogP contribution >= 0.6 is 0 Å². The molecule has 1 aliphatic heterocycles. The number of aromatic amines is 1. The number of benzene rings is 1. The van der Waals surface area contributed by atoms with Crippen molar-refractivity contribution in [1.82, 2.24) is 9.97 Å². The third kappa shape index (κ3) is 2.46. The van der Waals surface area contributed by atoms with Gasteiger partial charge in [0.2, 0.25) is 0 Å². The summed E-state index contributed by atoms with van der Waals surface area (Å²) in [5.74, 6) is 3.34. The number of hydrogen-bond donors (Lipinski definition) is 1. The number of rotatable bonds is 4. The number of H-pyrrole nitrogens is 1. The number of imidazole rings is 1. The summed E-state index contributed by atoms with van der Waals surface area (Å²) in [6.45, 7) is 4.09. The van der Waals surface area contributed by atoms with Crippen molar-refractivity contribution in [1.29, 1.82) is 0 Å². The fraction of sp³-hybridized carbons (Fsp3) is 0.562. The van der Waals surface area contributed by atoms with Gasteiger partial charge in [-0.05, 0) is 25.7 Å². The van der Waals surface area contributed by atoms with E-state index >= 15 is 0 Å². The highest BCUT2D eigenvalue weighted by Gasteiger charge is 2.30. The molecule has 0 spiro atoms. The van der Waals surface area contributed by atoms with Crippen LogP contribution in [0.3, 0.4) is 0 Å². The zero-order valence-electron chi connectivity index (χ0n) is 12.2. The molecule has 5 heteroatoms. The van der Waals surface area contributed by atoms with Crippen molar-refractivity contribution < 1.29 is 14.2 Å². The zero-order valence-corrected chi connectivity index (χ0v) is 12.2. The quantitative estimate of drug-likeness (QED) is 0.939. The molecule has 0 atom stereocenters. The van der Waals surface area contributed by atoms with Crippen molar-refractivity contribution in [2.24, 2.45) is 5.92 Å². The van der Waals surface area contributed by atoms with Gasteiger partial charge in [-0.3, -0.25) is 0 Å². The van der Waals surface area contributed by atoms with E-state index in [2.05, 4.69) is 16.9 Å². The second-order valence-corrected chi connectivity index (χ2v) is 5.82. The molecule has 1 N–H and O–H groups in total. The molecule has 1 aliphatic carbocycles. The number of ether oxygens (including phenoxy) is 3. The third-order valence-electron chi connectivity index (χ3n) is 4.27. The van der Waals surface area contributed by atoms with Gasteiger partial charge in [-0.15, -0.1) is 0 Å². The summed E-state index contributed by atoms with van der Waals surface area (Å²) in [5.41, 5.74) is 1.98. The second-order valence-electron chi connectivity index (χ2n) is 5.82. The lowest BCUT2D eigenvalue weighted by molar-refractivity contribution is -0.0244. The molecule has 1 saturated carbocycles. The summed E-state index contributed by atoms with van der Waals surface area (Å²) in [4.78, 5) is 8.09. The minimum absolute atomic E-state index is 0.457. The van der Waals surface area contributed by atoms with E-state index in [4.69, 9.17) is 14.2 Å². The van der Waals surface area contributed by atoms with Crippen LogP contribution in [0.25, 0.3) is 11.0 Å². The molecule has 0 unspecified atom stereocenters. The van der Waals surface area contributed by atoms with E-state index in [9.17, 15) is 0 Å². The summed E-state index contributed by atoms with van der Waals surface area (Å²) >= 11 is 0. The molecule has 1 aromatic carbocycles. The summed E-state index contributed by atoms with van der Waals surface area (Å²) in [6, 6.07) is 3.96. The second kappa shape index (κ2) is 5.22. The van der Waals surface area contributed by atoms with E-state index in [1.165, 1.54) is 0 Å². The van der Waals surface area contributed by atoms with Crippen LogP contribution in [0.1, 0.15) is 25.6 Å². The molecule has 21 heavy (non-hydrogen) atoms. The average molecular weight is 288 g/mol. The Labute approximate surface area is 123 Å². The summed E-state index contributed by atoms with van der Waals surface area (Å²) in [6.07, 6.45) is 3.74. The van der Waals surface area contributed by atoms with Crippen LogP contribution in [0.2, 0.25) is 0 Å². The van der Waals surface area contributed by atoms with E-state index in [0.717, 1.165) is 54.2 Å². The highest BCUT2D eigenvalue weighted by atomic mass is 16.6. The van der Waals surface area contributed by atoms with Gasteiger partial charge in [0, 0.05) is 25.2 Å². The maximum atomic E-state index is 5.61. The van der Waals surface area contributed by atoms with Gasteiger partial charge >= 0.3 is 0 Å². The molecule has 0 bridgehead atoms. The number of fused-ring (bicyclic) bond motifs is 2. The lowest BCUT2D eigenvalue weighted by atomic mass is 9.80. The molecule has 2 heterocycles. The van der Waals surface area contributed by atoms with Gasteiger partial charge in [-0.1, -0.05) is 0 Å². The maximum absolute atomic E-state index is 5.61. The highest BCUT2D eigenvalue weighted by molar-refractivity contribution is 5.79. The van der Waals surface area contributed by atoms with Crippen LogP contribution in [0, 0.1) is 5.92 Å². The van der Waals surface area contributed by atoms with E-state index in [1.807, 2.05) is 12.1 Å². The molecule has 4 rings (SSSR count). The topological polar surface area (TPSA) is 56.4 Å². The minimum Gasteiger partial charge on any atom is -0.486 e. The Morgan fingerprint density at radius 3 is 2.76 bits per heavy atom.